The van der Waals surface area contributed by atoms with Gasteiger partial charge in [-0.1, -0.05) is 30.3 Å². The molecule has 8 heteroatoms. The van der Waals surface area contributed by atoms with E-state index in [4.69, 9.17) is 4.74 Å². The molecule has 6 nitrogen and oxygen atoms in total. The van der Waals surface area contributed by atoms with Gasteiger partial charge in [0.25, 0.3) is 5.91 Å². The number of hydrogen-bond donors (Lipinski definition) is 1. The Morgan fingerprint density at radius 3 is 2.39 bits per heavy atom. The summed E-state index contributed by atoms with van der Waals surface area (Å²) in [4.78, 5) is 25.1. The molecule has 0 bridgehead atoms. The zero-order valence-corrected chi connectivity index (χ0v) is 20.0. The van der Waals surface area contributed by atoms with Gasteiger partial charge in [-0.3, -0.25) is 9.36 Å². The number of carbonyl (C=O) groups is 2. The van der Waals surface area contributed by atoms with E-state index in [0.717, 1.165) is 28.5 Å². The number of hydrogen-bond acceptors (Lipinski definition) is 6. The van der Waals surface area contributed by atoms with Gasteiger partial charge in [0.15, 0.2) is 6.61 Å². The number of ether oxygens (including phenoxy) is 1. The highest BCUT2D eigenvalue weighted by Crippen LogP contribution is 2.45. The van der Waals surface area contributed by atoms with E-state index in [1.165, 1.54) is 5.56 Å². The van der Waals surface area contributed by atoms with Crippen molar-refractivity contribution in [3.8, 4) is 11.8 Å². The first-order chi connectivity index (χ1) is 16.0. The van der Waals surface area contributed by atoms with Crippen molar-refractivity contribution < 1.29 is 14.3 Å². The Balaban J connectivity index is 1.44. The van der Waals surface area contributed by atoms with Gasteiger partial charge in [0.05, 0.1) is 15.7 Å². The third-order valence-corrected chi connectivity index (χ3v) is 8.58. The maximum absolute atomic E-state index is 12.6. The molecule has 1 amide bonds. The molecule has 0 atom stereocenters. The van der Waals surface area contributed by atoms with Crippen LogP contribution < -0.4 is 5.32 Å². The molecular weight excluding hydrogens is 454 g/mol. The molecule has 168 valence electrons. The Morgan fingerprint density at radius 1 is 1.09 bits per heavy atom. The zero-order valence-electron chi connectivity index (χ0n) is 18.3. The van der Waals surface area contributed by atoms with Crippen molar-refractivity contribution in [2.24, 2.45) is 0 Å². The molecular formula is C25H23N3O3S2. The number of carbonyl (C=O) groups excluding carboxylic acids is 2. The number of nitrogens with zero attached hydrogens (tertiary/aromatic N) is 2. The van der Waals surface area contributed by atoms with Crippen LogP contribution in [-0.2, 0) is 9.53 Å². The van der Waals surface area contributed by atoms with Crippen LogP contribution in [0.1, 0.15) is 37.3 Å². The van der Waals surface area contributed by atoms with Crippen molar-refractivity contribution in [1.82, 2.24) is 4.57 Å². The van der Waals surface area contributed by atoms with E-state index in [1.54, 1.807) is 12.1 Å². The molecule has 0 unspecified atom stereocenters. The maximum Gasteiger partial charge on any atom is 0.338 e. The first-order valence-corrected chi connectivity index (χ1v) is 12.6. The van der Waals surface area contributed by atoms with Crippen LogP contribution >= 0.6 is 23.5 Å². The van der Waals surface area contributed by atoms with Gasteiger partial charge in [-0.05, 0) is 49.2 Å². The van der Waals surface area contributed by atoms with E-state index in [1.807, 2.05) is 84.4 Å². The average Bonchev–Trinajstić information content (AvgIpc) is 3.45. The topological polar surface area (TPSA) is 84.1 Å². The summed E-state index contributed by atoms with van der Waals surface area (Å²) in [6.07, 6.45) is 0. The molecule has 4 rings (SSSR count). The molecule has 1 fully saturated rings. The Labute approximate surface area is 201 Å². The molecule has 1 aromatic heterocycles. The lowest BCUT2D eigenvalue weighted by atomic mass is 10.1. The number of para-hydroxylation sites is 1. The number of amides is 1. The lowest BCUT2D eigenvalue weighted by molar-refractivity contribution is -0.119. The molecule has 0 saturated carbocycles. The van der Waals surface area contributed by atoms with Crippen LogP contribution in [0.15, 0.2) is 54.6 Å². The van der Waals surface area contributed by atoms with Crippen LogP contribution in [0, 0.1) is 25.2 Å². The van der Waals surface area contributed by atoms with Gasteiger partial charge in [0.2, 0.25) is 0 Å². The van der Waals surface area contributed by atoms with Crippen LogP contribution in [0.5, 0.6) is 0 Å². The van der Waals surface area contributed by atoms with Crippen molar-refractivity contribution in [2.45, 2.75) is 18.4 Å². The minimum Gasteiger partial charge on any atom is -0.452 e. The molecule has 0 radical (unpaired) electrons. The summed E-state index contributed by atoms with van der Waals surface area (Å²) in [6.45, 7) is 3.29. The maximum atomic E-state index is 12.6. The minimum absolute atomic E-state index is 0.371. The summed E-state index contributed by atoms with van der Waals surface area (Å²) < 4.78 is 7.46. The van der Waals surface area contributed by atoms with E-state index >= 15 is 0 Å². The summed E-state index contributed by atoms with van der Waals surface area (Å²) in [7, 11) is 0. The van der Waals surface area contributed by atoms with Gasteiger partial charge < -0.3 is 10.1 Å². The number of benzene rings is 2. The number of rotatable bonds is 6. The molecule has 0 spiro atoms. The highest BCUT2D eigenvalue weighted by molar-refractivity contribution is 8.19. The quantitative estimate of drug-likeness (QED) is 0.489. The molecule has 1 aliphatic heterocycles. The minimum atomic E-state index is -0.560. The molecule has 33 heavy (non-hydrogen) atoms. The number of aromatic nitrogens is 1. The average molecular weight is 478 g/mol. The summed E-state index contributed by atoms with van der Waals surface area (Å²) in [5, 5.41) is 12.4. The van der Waals surface area contributed by atoms with Gasteiger partial charge in [-0.25, -0.2) is 4.79 Å². The molecule has 0 aliphatic carbocycles. The SMILES string of the molecule is Cc1c(C#N)c(NC(=O)COC(=O)c2ccc(C3SCCS3)cc2)n(-c2ccccc2)c1C. The predicted octanol–water partition coefficient (Wildman–Crippen LogP) is 5.24. The lowest BCUT2D eigenvalue weighted by Crippen LogP contribution is -2.23. The Hall–Kier alpha value is -3.15. The Kier molecular flexibility index (Phi) is 7.11. The van der Waals surface area contributed by atoms with E-state index < -0.39 is 18.5 Å². The van der Waals surface area contributed by atoms with Gasteiger partial charge in [0, 0.05) is 22.9 Å². The van der Waals surface area contributed by atoms with E-state index in [2.05, 4.69) is 11.4 Å². The number of nitrogens with one attached hydrogen (secondary N) is 1. The second-order valence-corrected chi connectivity index (χ2v) is 10.3. The third kappa shape index (κ3) is 4.95. The Bertz CT molecular complexity index is 1210. The van der Waals surface area contributed by atoms with Crippen LogP contribution in [0.2, 0.25) is 0 Å². The first-order valence-electron chi connectivity index (χ1n) is 10.5. The summed E-state index contributed by atoms with van der Waals surface area (Å²) >= 11 is 3.80. The fourth-order valence-corrected chi connectivity index (χ4v) is 6.53. The van der Waals surface area contributed by atoms with Crippen molar-refractivity contribution in [3.63, 3.8) is 0 Å². The van der Waals surface area contributed by atoms with Crippen LogP contribution in [-0.4, -0.2) is 34.6 Å². The van der Waals surface area contributed by atoms with Crippen molar-refractivity contribution in [2.75, 3.05) is 23.4 Å². The number of nitriles is 1. The molecule has 1 N–H and O–H groups in total. The fraction of sp³-hybridized carbons (Fsp3) is 0.240. The number of thioether (sulfide) groups is 2. The highest BCUT2D eigenvalue weighted by atomic mass is 32.2. The summed E-state index contributed by atoms with van der Waals surface area (Å²) in [5.41, 5.74) is 4.42. The van der Waals surface area contributed by atoms with Gasteiger partial charge in [-0.2, -0.15) is 5.26 Å². The van der Waals surface area contributed by atoms with E-state index in [9.17, 15) is 14.9 Å². The molecule has 1 aliphatic rings. The monoisotopic (exact) mass is 477 g/mol. The summed E-state index contributed by atoms with van der Waals surface area (Å²) in [5.74, 6) is 1.57. The zero-order chi connectivity index (χ0) is 23.4. The summed E-state index contributed by atoms with van der Waals surface area (Å²) in [6, 6.07) is 19.0. The molecule has 1 saturated heterocycles. The van der Waals surface area contributed by atoms with Gasteiger partial charge in [0.1, 0.15) is 11.9 Å². The van der Waals surface area contributed by atoms with Crippen molar-refractivity contribution in [1.29, 1.82) is 5.26 Å². The second-order valence-electron chi connectivity index (χ2n) is 7.54. The van der Waals surface area contributed by atoms with Crippen LogP contribution in [0.3, 0.4) is 0 Å². The predicted molar refractivity (Wildman–Crippen MR) is 133 cm³/mol. The van der Waals surface area contributed by atoms with Crippen LogP contribution in [0.4, 0.5) is 5.82 Å². The normalized spacial score (nSPS) is 13.5. The van der Waals surface area contributed by atoms with E-state index in [0.29, 0.717) is 21.5 Å². The largest absolute Gasteiger partial charge is 0.452 e. The van der Waals surface area contributed by atoms with Crippen molar-refractivity contribution in [3.05, 3.63) is 82.5 Å². The number of esters is 1. The van der Waals surface area contributed by atoms with Gasteiger partial charge in [-0.15, -0.1) is 23.5 Å². The standard InChI is InChI=1S/C25H23N3O3S2/c1-16-17(2)28(20-6-4-3-5-7-20)23(21(16)14-26)27-22(29)15-31-24(30)18-8-10-19(11-9-18)25-32-12-13-33-25/h3-11,25H,12-13,15H2,1-2H3,(H,27,29). The first kappa shape index (κ1) is 23.0. The third-order valence-electron chi connectivity index (χ3n) is 5.47. The lowest BCUT2D eigenvalue weighted by Gasteiger charge is -2.13. The van der Waals surface area contributed by atoms with Crippen LogP contribution in [0.25, 0.3) is 5.69 Å². The van der Waals surface area contributed by atoms with Gasteiger partial charge >= 0.3 is 5.97 Å². The van der Waals surface area contributed by atoms with Crippen molar-refractivity contribution >= 4 is 41.2 Å². The fourth-order valence-electron chi connectivity index (χ4n) is 3.67. The Morgan fingerprint density at radius 2 is 1.76 bits per heavy atom. The smallest absolute Gasteiger partial charge is 0.338 e. The molecule has 2 heterocycles. The second kappa shape index (κ2) is 10.2. The van der Waals surface area contributed by atoms with E-state index in [-0.39, 0.29) is 0 Å². The highest BCUT2D eigenvalue weighted by Gasteiger charge is 2.22. The molecule has 2 aromatic carbocycles. The number of anilines is 1. The molecule has 3 aromatic rings.